The number of benzene rings is 1. The number of nitrogens with zero attached hydrogens (tertiary/aromatic N) is 4. The highest BCUT2D eigenvalue weighted by molar-refractivity contribution is 7.87. The van der Waals surface area contributed by atoms with E-state index in [9.17, 15) is 17.6 Å². The van der Waals surface area contributed by atoms with Crippen LogP contribution in [0.4, 0.5) is 15.8 Å². The summed E-state index contributed by atoms with van der Waals surface area (Å²) in [5.74, 6) is -0.823. The standard InChI is InChI=1S/C20H24FN7O4S/c1-2-32-20-18-23-7-10-28(18)12-16(25-20)19(29)24-15-11-13(21)3-4-17(15)27-8-5-14(6-9-27)26-33(22,30)31/h3-4,7,10-12,14,26H,2,5-6,8-9H2,1H3,(H,24,29)(H2,22,30,31). The van der Waals surface area contributed by atoms with Gasteiger partial charge in [0.25, 0.3) is 22.0 Å². The number of nitrogens with one attached hydrogen (secondary N) is 2. The Hall–Kier alpha value is -3.29. The molecule has 1 amide bonds. The number of piperidine rings is 1. The van der Waals surface area contributed by atoms with Crippen LogP contribution in [0.1, 0.15) is 30.3 Å². The van der Waals surface area contributed by atoms with Crippen LogP contribution in [0, 0.1) is 5.82 Å². The maximum Gasteiger partial charge on any atom is 0.276 e. The predicted octanol–water partition coefficient (Wildman–Crippen LogP) is 1.28. The third kappa shape index (κ3) is 5.38. The molecule has 1 aliphatic heterocycles. The minimum atomic E-state index is -3.78. The van der Waals surface area contributed by atoms with Crippen molar-refractivity contribution in [1.29, 1.82) is 0 Å². The number of amides is 1. The van der Waals surface area contributed by atoms with Crippen LogP contribution in [0.5, 0.6) is 5.88 Å². The van der Waals surface area contributed by atoms with E-state index in [1.807, 2.05) is 4.90 Å². The number of aromatic nitrogens is 3. The molecular weight excluding hydrogens is 453 g/mol. The van der Waals surface area contributed by atoms with Crippen molar-refractivity contribution in [2.75, 3.05) is 29.9 Å². The van der Waals surface area contributed by atoms with Gasteiger partial charge in [0.1, 0.15) is 11.5 Å². The molecule has 3 heterocycles. The molecule has 4 N–H and O–H groups in total. The Kier molecular flexibility index (Phi) is 6.44. The Morgan fingerprint density at radius 2 is 2.09 bits per heavy atom. The van der Waals surface area contributed by atoms with Gasteiger partial charge in [-0.15, -0.1) is 0 Å². The first-order valence-electron chi connectivity index (χ1n) is 10.4. The normalized spacial score (nSPS) is 15.1. The molecule has 0 radical (unpaired) electrons. The fourth-order valence-electron chi connectivity index (χ4n) is 3.79. The molecule has 1 saturated heterocycles. The molecule has 0 bridgehead atoms. The van der Waals surface area contributed by atoms with Gasteiger partial charge in [0.15, 0.2) is 0 Å². The monoisotopic (exact) mass is 477 g/mol. The van der Waals surface area contributed by atoms with E-state index in [1.165, 1.54) is 18.3 Å². The van der Waals surface area contributed by atoms with Crippen molar-refractivity contribution in [3.8, 4) is 5.88 Å². The average Bonchev–Trinajstić information content (AvgIpc) is 3.23. The molecule has 0 unspecified atom stereocenters. The number of fused-ring (bicyclic) bond motifs is 1. The first-order chi connectivity index (χ1) is 15.7. The number of hydrogen-bond acceptors (Lipinski definition) is 7. The molecule has 0 saturated carbocycles. The Bertz CT molecular complexity index is 1270. The van der Waals surface area contributed by atoms with Gasteiger partial charge in [0.05, 0.1) is 18.0 Å². The van der Waals surface area contributed by atoms with Crippen molar-refractivity contribution in [3.05, 3.63) is 48.3 Å². The number of carbonyl (C=O) groups is 1. The van der Waals surface area contributed by atoms with E-state index in [2.05, 4.69) is 20.0 Å². The molecule has 0 aliphatic carbocycles. The second-order valence-corrected chi connectivity index (χ2v) is 8.89. The summed E-state index contributed by atoms with van der Waals surface area (Å²) >= 11 is 0. The van der Waals surface area contributed by atoms with E-state index in [4.69, 9.17) is 9.88 Å². The Balaban J connectivity index is 1.55. The molecule has 3 aromatic rings. The maximum atomic E-state index is 14.0. The molecule has 11 nitrogen and oxygen atoms in total. The topological polar surface area (TPSA) is 144 Å². The van der Waals surface area contributed by atoms with E-state index in [1.54, 1.807) is 29.8 Å². The summed E-state index contributed by atoms with van der Waals surface area (Å²) in [5.41, 5.74) is 1.46. The molecule has 2 aromatic heterocycles. The van der Waals surface area contributed by atoms with Crippen LogP contribution in [-0.4, -0.2) is 54.4 Å². The van der Waals surface area contributed by atoms with Crippen LogP contribution >= 0.6 is 0 Å². The predicted molar refractivity (Wildman–Crippen MR) is 120 cm³/mol. The van der Waals surface area contributed by atoms with Crippen molar-refractivity contribution in [2.45, 2.75) is 25.8 Å². The van der Waals surface area contributed by atoms with Gasteiger partial charge in [-0.3, -0.25) is 4.79 Å². The van der Waals surface area contributed by atoms with Gasteiger partial charge in [-0.1, -0.05) is 0 Å². The highest BCUT2D eigenvalue weighted by Crippen LogP contribution is 2.30. The summed E-state index contributed by atoms with van der Waals surface area (Å²) in [5, 5.41) is 7.79. The zero-order chi connectivity index (χ0) is 23.6. The van der Waals surface area contributed by atoms with Gasteiger partial charge in [-0.2, -0.15) is 13.1 Å². The van der Waals surface area contributed by atoms with Gasteiger partial charge in [-0.25, -0.2) is 19.5 Å². The number of nitrogens with two attached hydrogens (primary N) is 1. The van der Waals surface area contributed by atoms with Crippen LogP contribution < -0.4 is 24.8 Å². The fraction of sp³-hybridized carbons (Fsp3) is 0.350. The molecule has 33 heavy (non-hydrogen) atoms. The molecule has 13 heteroatoms. The van der Waals surface area contributed by atoms with Gasteiger partial charge >= 0.3 is 0 Å². The number of imidazole rings is 1. The molecule has 1 fully saturated rings. The second-order valence-electron chi connectivity index (χ2n) is 7.56. The van der Waals surface area contributed by atoms with Gasteiger partial charge in [0.2, 0.25) is 5.65 Å². The van der Waals surface area contributed by atoms with Crippen molar-refractivity contribution in [3.63, 3.8) is 0 Å². The zero-order valence-corrected chi connectivity index (χ0v) is 18.7. The third-order valence-electron chi connectivity index (χ3n) is 5.23. The first-order valence-corrected chi connectivity index (χ1v) is 11.9. The maximum absolute atomic E-state index is 14.0. The number of halogens is 1. The lowest BCUT2D eigenvalue weighted by Gasteiger charge is -2.34. The second kappa shape index (κ2) is 9.29. The van der Waals surface area contributed by atoms with E-state index < -0.39 is 21.9 Å². The number of hydrogen-bond donors (Lipinski definition) is 3. The van der Waals surface area contributed by atoms with Gasteiger partial charge < -0.3 is 19.4 Å². The molecule has 0 atom stereocenters. The molecule has 1 aliphatic rings. The summed E-state index contributed by atoms with van der Waals surface area (Å²) < 4.78 is 46.1. The average molecular weight is 478 g/mol. The van der Waals surface area contributed by atoms with E-state index in [-0.39, 0.29) is 23.3 Å². The van der Waals surface area contributed by atoms with E-state index in [0.717, 1.165) is 0 Å². The summed E-state index contributed by atoms with van der Waals surface area (Å²) in [6.45, 7) is 3.14. The minimum absolute atomic E-state index is 0.0789. The highest BCUT2D eigenvalue weighted by atomic mass is 32.2. The number of anilines is 2. The van der Waals surface area contributed by atoms with Crippen molar-refractivity contribution in [2.24, 2.45) is 5.14 Å². The molecule has 4 rings (SSSR count). The summed E-state index contributed by atoms with van der Waals surface area (Å²) in [6.07, 6.45) is 5.78. The van der Waals surface area contributed by atoms with Gasteiger partial charge in [0, 0.05) is 37.7 Å². The summed E-state index contributed by atoms with van der Waals surface area (Å²) in [7, 11) is -3.78. The quantitative estimate of drug-likeness (QED) is 0.465. The van der Waals surface area contributed by atoms with Crippen LogP contribution in [-0.2, 0) is 10.2 Å². The molecule has 1 aromatic carbocycles. The molecular formula is C20H24FN7O4S. The molecule has 0 spiro atoms. The first kappa shape index (κ1) is 22.9. The van der Waals surface area contributed by atoms with Crippen molar-refractivity contribution < 1.29 is 22.3 Å². The lowest BCUT2D eigenvalue weighted by molar-refractivity contribution is 0.102. The van der Waals surface area contributed by atoms with Crippen LogP contribution in [0.2, 0.25) is 0 Å². The van der Waals surface area contributed by atoms with Crippen molar-refractivity contribution >= 4 is 33.1 Å². The van der Waals surface area contributed by atoms with E-state index in [0.29, 0.717) is 43.9 Å². The molecule has 176 valence electrons. The number of rotatable bonds is 7. The number of carbonyl (C=O) groups excluding carboxylic acids is 1. The summed E-state index contributed by atoms with van der Waals surface area (Å²) in [6, 6.07) is 3.85. The zero-order valence-electron chi connectivity index (χ0n) is 17.9. The SMILES string of the molecule is CCOc1nc(C(=O)Nc2cc(F)ccc2N2CCC(NS(N)(=O)=O)CC2)cn2ccnc12. The largest absolute Gasteiger partial charge is 0.475 e. The Labute approximate surface area is 189 Å². The van der Waals surface area contributed by atoms with Crippen LogP contribution in [0.25, 0.3) is 5.65 Å². The fourth-order valence-corrected chi connectivity index (χ4v) is 4.49. The van der Waals surface area contributed by atoms with Gasteiger partial charge in [-0.05, 0) is 38.0 Å². The van der Waals surface area contributed by atoms with Crippen LogP contribution in [0.15, 0.2) is 36.8 Å². The number of ether oxygens (including phenoxy) is 1. The Morgan fingerprint density at radius 3 is 2.79 bits per heavy atom. The smallest absolute Gasteiger partial charge is 0.276 e. The highest BCUT2D eigenvalue weighted by Gasteiger charge is 2.24. The third-order valence-corrected chi connectivity index (χ3v) is 5.89. The lowest BCUT2D eigenvalue weighted by atomic mass is 10.0. The Morgan fingerprint density at radius 1 is 1.33 bits per heavy atom. The van der Waals surface area contributed by atoms with Crippen molar-refractivity contribution in [1.82, 2.24) is 19.1 Å². The summed E-state index contributed by atoms with van der Waals surface area (Å²) in [4.78, 5) is 23.4. The van der Waals surface area contributed by atoms with Crippen LogP contribution in [0.3, 0.4) is 0 Å². The van der Waals surface area contributed by atoms with E-state index >= 15 is 0 Å². The minimum Gasteiger partial charge on any atom is -0.475 e. The lowest BCUT2D eigenvalue weighted by Crippen LogP contribution is -2.46.